The number of nitrogens with zero attached hydrogens (tertiary/aromatic N) is 1. The van der Waals surface area contributed by atoms with Gasteiger partial charge in [-0.05, 0) is 48.0 Å². The number of nitrogens with two attached hydrogens (primary N) is 1. The molecule has 0 aliphatic carbocycles. The summed E-state index contributed by atoms with van der Waals surface area (Å²) in [5.41, 5.74) is 6.11. The Balaban J connectivity index is 3.22. The molecule has 0 saturated heterocycles. The minimum atomic E-state index is -3.61. The molecule has 7 heteroatoms. The monoisotopic (exact) mass is 336 g/mol. The van der Waals surface area contributed by atoms with Crippen LogP contribution in [0.15, 0.2) is 27.6 Å². The number of aliphatic hydroxyl groups is 1. The second-order valence-corrected chi connectivity index (χ2v) is 6.86. The topological polar surface area (TPSA) is 83.6 Å². The maximum Gasteiger partial charge on any atom is 0.243 e. The van der Waals surface area contributed by atoms with Gasteiger partial charge in [0.15, 0.2) is 0 Å². The van der Waals surface area contributed by atoms with Crippen molar-refractivity contribution in [3.8, 4) is 0 Å². The van der Waals surface area contributed by atoms with E-state index in [2.05, 4.69) is 15.9 Å². The first-order valence-corrected chi connectivity index (χ1v) is 7.71. The lowest BCUT2D eigenvalue weighted by Crippen LogP contribution is -2.38. The van der Waals surface area contributed by atoms with Gasteiger partial charge in [-0.1, -0.05) is 0 Å². The first kappa shape index (κ1) is 15.4. The number of aliphatic hydroxyl groups excluding tert-OH is 1. The molecular weight excluding hydrogens is 320 g/mol. The van der Waals surface area contributed by atoms with Crippen LogP contribution in [0.4, 0.5) is 5.69 Å². The summed E-state index contributed by atoms with van der Waals surface area (Å²) in [4.78, 5) is 0.158. The van der Waals surface area contributed by atoms with Gasteiger partial charge in [-0.15, -0.1) is 0 Å². The first-order valence-electron chi connectivity index (χ1n) is 5.48. The molecule has 1 aromatic carbocycles. The van der Waals surface area contributed by atoms with Gasteiger partial charge in [-0.3, -0.25) is 0 Å². The lowest BCUT2D eigenvalue weighted by molar-refractivity contribution is 0.236. The molecule has 0 saturated carbocycles. The maximum atomic E-state index is 12.4. The number of rotatable bonds is 5. The van der Waals surface area contributed by atoms with Gasteiger partial charge in [0.1, 0.15) is 0 Å². The van der Waals surface area contributed by atoms with E-state index < -0.39 is 10.0 Å². The zero-order valence-corrected chi connectivity index (χ0v) is 12.7. The summed E-state index contributed by atoms with van der Waals surface area (Å²) in [5, 5.41) is 8.96. The number of hydrogen-bond donors (Lipinski definition) is 2. The highest BCUT2D eigenvalue weighted by atomic mass is 79.9. The van der Waals surface area contributed by atoms with Gasteiger partial charge < -0.3 is 10.8 Å². The standard InChI is InChI=1S/C11H17BrN2O3S/c1-8(2)14(5-6-15)18(16,17)9-3-4-11(13)10(12)7-9/h3-4,7-8,15H,5-6,13H2,1-2H3. The van der Waals surface area contributed by atoms with E-state index in [0.717, 1.165) is 0 Å². The van der Waals surface area contributed by atoms with Crippen molar-refractivity contribution in [3.63, 3.8) is 0 Å². The molecule has 0 aromatic heterocycles. The molecule has 3 N–H and O–H groups in total. The number of hydrogen-bond acceptors (Lipinski definition) is 4. The molecule has 18 heavy (non-hydrogen) atoms. The molecule has 1 rings (SSSR count). The highest BCUT2D eigenvalue weighted by molar-refractivity contribution is 9.10. The van der Waals surface area contributed by atoms with Gasteiger partial charge in [-0.25, -0.2) is 8.42 Å². The summed E-state index contributed by atoms with van der Waals surface area (Å²) < 4.78 is 26.6. The Kier molecular flexibility index (Phi) is 5.15. The quantitative estimate of drug-likeness (QED) is 0.796. The van der Waals surface area contributed by atoms with Crippen LogP contribution in [-0.2, 0) is 10.0 Å². The fourth-order valence-electron chi connectivity index (χ4n) is 1.56. The van der Waals surface area contributed by atoms with Crippen molar-refractivity contribution in [2.45, 2.75) is 24.8 Å². The third-order valence-electron chi connectivity index (χ3n) is 2.47. The highest BCUT2D eigenvalue weighted by Crippen LogP contribution is 2.25. The number of halogens is 1. The summed E-state index contributed by atoms with van der Waals surface area (Å²) in [7, 11) is -3.61. The minimum absolute atomic E-state index is 0.0714. The molecule has 0 spiro atoms. The van der Waals surface area contributed by atoms with Crippen LogP contribution in [0.2, 0.25) is 0 Å². The van der Waals surface area contributed by atoms with Gasteiger partial charge in [0.2, 0.25) is 10.0 Å². The van der Waals surface area contributed by atoms with Crippen molar-refractivity contribution in [1.82, 2.24) is 4.31 Å². The zero-order chi connectivity index (χ0) is 13.9. The van der Waals surface area contributed by atoms with Crippen LogP contribution in [0, 0.1) is 0 Å². The summed E-state index contributed by atoms with van der Waals surface area (Å²) in [6.07, 6.45) is 0. The van der Waals surface area contributed by atoms with Gasteiger partial charge >= 0.3 is 0 Å². The predicted molar refractivity (Wildman–Crippen MR) is 74.7 cm³/mol. The number of sulfonamides is 1. The van der Waals surface area contributed by atoms with Crippen LogP contribution in [0.1, 0.15) is 13.8 Å². The van der Waals surface area contributed by atoms with E-state index >= 15 is 0 Å². The molecule has 0 amide bonds. The Bertz CT molecular complexity index is 517. The van der Waals surface area contributed by atoms with E-state index in [9.17, 15) is 8.42 Å². The third kappa shape index (κ3) is 3.23. The minimum Gasteiger partial charge on any atom is -0.398 e. The Hall–Kier alpha value is -0.630. The molecule has 102 valence electrons. The molecule has 0 bridgehead atoms. The van der Waals surface area contributed by atoms with E-state index in [0.29, 0.717) is 10.2 Å². The third-order valence-corrected chi connectivity index (χ3v) is 5.23. The maximum absolute atomic E-state index is 12.4. The largest absolute Gasteiger partial charge is 0.398 e. The number of nitrogen functional groups attached to an aromatic ring is 1. The van der Waals surface area contributed by atoms with Crippen LogP contribution < -0.4 is 5.73 Å². The van der Waals surface area contributed by atoms with Gasteiger partial charge in [0.25, 0.3) is 0 Å². The van der Waals surface area contributed by atoms with E-state index in [4.69, 9.17) is 10.8 Å². The van der Waals surface area contributed by atoms with Crippen molar-refractivity contribution in [2.75, 3.05) is 18.9 Å². The molecule has 0 aliphatic rings. The lowest BCUT2D eigenvalue weighted by Gasteiger charge is -2.25. The number of anilines is 1. The van der Waals surface area contributed by atoms with Crippen LogP contribution >= 0.6 is 15.9 Å². The van der Waals surface area contributed by atoms with Crippen LogP contribution in [0.5, 0.6) is 0 Å². The summed E-state index contributed by atoms with van der Waals surface area (Å²) in [5.74, 6) is 0. The van der Waals surface area contributed by atoms with Crippen molar-refractivity contribution in [1.29, 1.82) is 0 Å². The van der Waals surface area contributed by atoms with Gasteiger partial charge in [0, 0.05) is 22.7 Å². The summed E-state index contributed by atoms with van der Waals surface area (Å²) in [6.45, 7) is 3.38. The summed E-state index contributed by atoms with van der Waals surface area (Å²) in [6, 6.07) is 4.24. The molecule has 5 nitrogen and oxygen atoms in total. The van der Waals surface area contributed by atoms with Crippen molar-refractivity contribution < 1.29 is 13.5 Å². The first-order chi connectivity index (χ1) is 8.30. The predicted octanol–water partition coefficient (Wildman–Crippen LogP) is 1.42. The molecule has 0 unspecified atom stereocenters. The van der Waals surface area contributed by atoms with Gasteiger partial charge in [-0.2, -0.15) is 4.31 Å². The normalized spacial score (nSPS) is 12.3. The van der Waals surface area contributed by atoms with Crippen LogP contribution in [0.25, 0.3) is 0 Å². The average molecular weight is 337 g/mol. The Labute approximate surface area is 116 Å². The SMILES string of the molecule is CC(C)N(CCO)S(=O)(=O)c1ccc(N)c(Br)c1. The Morgan fingerprint density at radius 3 is 2.50 bits per heavy atom. The van der Waals surface area contributed by atoms with E-state index in [1.807, 2.05) is 0 Å². The Morgan fingerprint density at radius 2 is 2.06 bits per heavy atom. The molecule has 1 aromatic rings. The highest BCUT2D eigenvalue weighted by Gasteiger charge is 2.26. The molecule has 0 radical (unpaired) electrons. The fourth-order valence-corrected chi connectivity index (χ4v) is 3.74. The Morgan fingerprint density at radius 1 is 1.44 bits per heavy atom. The number of benzene rings is 1. The molecule has 0 fully saturated rings. The fraction of sp³-hybridized carbons (Fsp3) is 0.455. The lowest BCUT2D eigenvalue weighted by atomic mass is 10.3. The molecule has 0 heterocycles. The zero-order valence-electron chi connectivity index (χ0n) is 10.3. The van der Waals surface area contributed by atoms with Crippen molar-refractivity contribution >= 4 is 31.6 Å². The van der Waals surface area contributed by atoms with Crippen LogP contribution in [0.3, 0.4) is 0 Å². The van der Waals surface area contributed by atoms with Crippen LogP contribution in [-0.4, -0.2) is 37.0 Å². The van der Waals surface area contributed by atoms with E-state index in [1.165, 1.54) is 22.5 Å². The van der Waals surface area contributed by atoms with Gasteiger partial charge in [0.05, 0.1) is 11.5 Å². The summed E-state index contributed by atoms with van der Waals surface area (Å²) >= 11 is 3.21. The van der Waals surface area contributed by atoms with Crippen molar-refractivity contribution in [2.24, 2.45) is 0 Å². The second-order valence-electron chi connectivity index (χ2n) is 4.12. The van der Waals surface area contributed by atoms with E-state index in [1.54, 1.807) is 13.8 Å². The smallest absolute Gasteiger partial charge is 0.243 e. The van der Waals surface area contributed by atoms with E-state index in [-0.39, 0.29) is 24.1 Å². The molecule has 0 aliphatic heterocycles. The molecular formula is C11H17BrN2O3S. The van der Waals surface area contributed by atoms with Crippen molar-refractivity contribution in [3.05, 3.63) is 22.7 Å². The molecule has 0 atom stereocenters. The average Bonchev–Trinajstić information content (AvgIpc) is 2.28. The second kappa shape index (κ2) is 6.01.